The molecule has 2 atom stereocenters. The molecular weight excluding hydrogens is 364 g/mol. The lowest BCUT2D eigenvalue weighted by Crippen LogP contribution is -2.43. The highest BCUT2D eigenvalue weighted by molar-refractivity contribution is 6.02. The van der Waals surface area contributed by atoms with E-state index in [4.69, 9.17) is 9.47 Å². The molecule has 2 heterocycles. The highest BCUT2D eigenvalue weighted by Crippen LogP contribution is 2.56. The molecular formula is C24H23N2O3+. The summed E-state index contributed by atoms with van der Waals surface area (Å²) in [7, 11) is 7.99. The molecule has 0 N–H and O–H groups in total. The first kappa shape index (κ1) is 17.7. The number of benzene rings is 2. The fourth-order valence-electron chi connectivity index (χ4n) is 4.43. The second-order valence-corrected chi connectivity index (χ2v) is 8.05. The Balaban J connectivity index is 1.81. The number of carbonyl (C=O) groups excluding carboxylic acids is 1. The van der Waals surface area contributed by atoms with Crippen LogP contribution in [0.1, 0.15) is 21.5 Å². The minimum atomic E-state index is -0.924. The predicted octanol–water partition coefficient (Wildman–Crippen LogP) is 3.34. The van der Waals surface area contributed by atoms with Crippen molar-refractivity contribution in [3.05, 3.63) is 83.1 Å². The largest absolute Gasteiger partial charge is 0.460 e. The van der Waals surface area contributed by atoms with Gasteiger partial charge in [0.1, 0.15) is 25.6 Å². The zero-order valence-electron chi connectivity index (χ0n) is 17.0. The van der Waals surface area contributed by atoms with Gasteiger partial charge in [0.15, 0.2) is 5.60 Å². The molecule has 1 aliphatic carbocycles. The Morgan fingerprint density at radius 3 is 2.62 bits per heavy atom. The molecule has 5 rings (SSSR count). The van der Waals surface area contributed by atoms with E-state index in [9.17, 15) is 4.79 Å². The molecule has 0 radical (unpaired) electrons. The van der Waals surface area contributed by atoms with E-state index in [1.807, 2.05) is 86.2 Å². The third-order valence-electron chi connectivity index (χ3n) is 5.92. The molecule has 2 unspecified atom stereocenters. The Morgan fingerprint density at radius 2 is 1.86 bits per heavy atom. The molecule has 5 nitrogen and oxygen atoms in total. The monoisotopic (exact) mass is 387 g/mol. The van der Waals surface area contributed by atoms with E-state index in [0.717, 1.165) is 34.0 Å². The first-order valence-electron chi connectivity index (χ1n) is 9.68. The average molecular weight is 387 g/mol. The number of allylic oxidation sites excluding steroid dienone is 2. The second-order valence-electron chi connectivity index (χ2n) is 8.05. The number of carbonyl (C=O) groups is 1. The van der Waals surface area contributed by atoms with Crippen molar-refractivity contribution in [3.63, 3.8) is 0 Å². The first-order chi connectivity index (χ1) is 13.9. The predicted molar refractivity (Wildman–Crippen MR) is 112 cm³/mol. The van der Waals surface area contributed by atoms with Crippen LogP contribution in [0.5, 0.6) is 5.75 Å². The minimum Gasteiger partial charge on any atom is -0.460 e. The minimum absolute atomic E-state index is 0.225. The summed E-state index contributed by atoms with van der Waals surface area (Å²) in [6, 6.07) is 13.7. The Bertz CT molecular complexity index is 1140. The summed E-state index contributed by atoms with van der Waals surface area (Å²) < 4.78 is 14.6. The van der Waals surface area contributed by atoms with Crippen molar-refractivity contribution in [3.8, 4) is 5.75 Å². The summed E-state index contributed by atoms with van der Waals surface area (Å²) in [5.74, 6) is 0.984. The summed E-state index contributed by atoms with van der Waals surface area (Å²) in [5.41, 5.74) is 3.52. The summed E-state index contributed by atoms with van der Waals surface area (Å²) in [6.45, 7) is 0. The maximum absolute atomic E-state index is 12.8. The van der Waals surface area contributed by atoms with Crippen LogP contribution >= 0.6 is 0 Å². The Labute approximate surface area is 170 Å². The van der Waals surface area contributed by atoms with Crippen LogP contribution in [0.2, 0.25) is 0 Å². The summed E-state index contributed by atoms with van der Waals surface area (Å²) in [5, 5.41) is 0. The SMILES string of the molecule is CN(C)c1ccc2c(c1)OC1=CC(=[N+](C)C)C=CC1C21OC(=O)c2ccccc21. The Hall–Kier alpha value is -3.34. The molecule has 5 heteroatoms. The molecule has 1 spiro atoms. The third-order valence-corrected chi connectivity index (χ3v) is 5.92. The lowest BCUT2D eigenvalue weighted by atomic mass is 9.71. The number of hydrogen-bond acceptors (Lipinski definition) is 4. The van der Waals surface area contributed by atoms with Crippen LogP contribution in [-0.4, -0.2) is 44.4 Å². The first-order valence-corrected chi connectivity index (χ1v) is 9.68. The van der Waals surface area contributed by atoms with Crippen LogP contribution in [0.3, 0.4) is 0 Å². The quantitative estimate of drug-likeness (QED) is 0.556. The highest BCUT2D eigenvalue weighted by atomic mass is 16.6. The van der Waals surface area contributed by atoms with E-state index in [-0.39, 0.29) is 11.9 Å². The van der Waals surface area contributed by atoms with E-state index < -0.39 is 5.60 Å². The van der Waals surface area contributed by atoms with Gasteiger partial charge in [0.05, 0.1) is 11.5 Å². The number of esters is 1. The molecule has 0 saturated heterocycles. The van der Waals surface area contributed by atoms with Gasteiger partial charge in [-0.05, 0) is 18.2 Å². The number of anilines is 1. The van der Waals surface area contributed by atoms with Crippen molar-refractivity contribution >= 4 is 17.4 Å². The van der Waals surface area contributed by atoms with Gasteiger partial charge in [-0.1, -0.05) is 24.3 Å². The summed E-state index contributed by atoms with van der Waals surface area (Å²) in [4.78, 5) is 14.9. The lowest BCUT2D eigenvalue weighted by molar-refractivity contribution is -0.462. The van der Waals surface area contributed by atoms with Crippen molar-refractivity contribution in [1.82, 2.24) is 0 Å². The van der Waals surface area contributed by atoms with Gasteiger partial charge in [0.25, 0.3) is 0 Å². The van der Waals surface area contributed by atoms with E-state index in [1.54, 1.807) is 0 Å². The lowest BCUT2D eigenvalue weighted by Gasteiger charge is -2.42. The molecule has 0 aromatic heterocycles. The molecule has 3 aliphatic rings. The summed E-state index contributed by atoms with van der Waals surface area (Å²) >= 11 is 0. The van der Waals surface area contributed by atoms with E-state index in [1.165, 1.54) is 0 Å². The van der Waals surface area contributed by atoms with Crippen LogP contribution in [0.15, 0.2) is 66.5 Å². The van der Waals surface area contributed by atoms with Crippen molar-refractivity contribution in [1.29, 1.82) is 0 Å². The topological polar surface area (TPSA) is 41.8 Å². The van der Waals surface area contributed by atoms with E-state index in [0.29, 0.717) is 5.56 Å². The Kier molecular flexibility index (Phi) is 3.72. The molecule has 146 valence electrons. The van der Waals surface area contributed by atoms with Crippen molar-refractivity contribution in [2.45, 2.75) is 5.60 Å². The van der Waals surface area contributed by atoms with Gasteiger partial charge in [-0.2, -0.15) is 0 Å². The molecule has 0 bridgehead atoms. The zero-order chi connectivity index (χ0) is 20.3. The smallest absolute Gasteiger partial charge is 0.339 e. The second kappa shape index (κ2) is 6.08. The standard InChI is InChI=1S/C24H23N2O3/c1-25(2)15-9-11-19-21(13-15)28-22-14-16(26(3)4)10-12-20(22)24(19)18-8-6-5-7-17(18)23(27)29-24/h5-14,19H,1-4H3/q+1. The fraction of sp³-hybridized carbons (Fsp3) is 0.250. The van der Waals surface area contributed by atoms with E-state index >= 15 is 0 Å². The third kappa shape index (κ3) is 2.40. The molecule has 29 heavy (non-hydrogen) atoms. The number of rotatable bonds is 1. The highest BCUT2D eigenvalue weighted by Gasteiger charge is 2.57. The van der Waals surface area contributed by atoms with Crippen molar-refractivity contribution in [2.24, 2.45) is 5.92 Å². The van der Waals surface area contributed by atoms with Crippen LogP contribution in [0, 0.1) is 5.92 Å². The number of fused-ring (bicyclic) bond motifs is 6. The molecule has 0 fully saturated rings. The Morgan fingerprint density at radius 1 is 1.07 bits per heavy atom. The van der Waals surface area contributed by atoms with Crippen LogP contribution in [-0.2, 0) is 10.3 Å². The van der Waals surface area contributed by atoms with Gasteiger partial charge in [0, 0.05) is 49.1 Å². The molecule has 2 aromatic rings. The molecule has 0 saturated carbocycles. The number of nitrogens with zero attached hydrogens (tertiary/aromatic N) is 2. The zero-order valence-corrected chi connectivity index (χ0v) is 17.0. The van der Waals surface area contributed by atoms with Gasteiger partial charge in [0.2, 0.25) is 5.71 Å². The van der Waals surface area contributed by atoms with Crippen molar-refractivity contribution in [2.75, 3.05) is 33.1 Å². The normalized spacial score (nSPS) is 23.6. The van der Waals surface area contributed by atoms with Crippen LogP contribution < -0.4 is 9.64 Å². The van der Waals surface area contributed by atoms with Gasteiger partial charge < -0.3 is 14.4 Å². The maximum atomic E-state index is 12.8. The van der Waals surface area contributed by atoms with Gasteiger partial charge in [-0.25, -0.2) is 9.37 Å². The average Bonchev–Trinajstić information content (AvgIpc) is 3.01. The maximum Gasteiger partial charge on any atom is 0.339 e. The number of ether oxygens (including phenoxy) is 2. The summed E-state index contributed by atoms with van der Waals surface area (Å²) in [6.07, 6.45) is 6.18. The van der Waals surface area contributed by atoms with Gasteiger partial charge in [-0.15, -0.1) is 0 Å². The number of hydrogen-bond donors (Lipinski definition) is 0. The van der Waals surface area contributed by atoms with Gasteiger partial charge >= 0.3 is 5.97 Å². The molecule has 0 amide bonds. The molecule has 2 aromatic carbocycles. The van der Waals surface area contributed by atoms with Gasteiger partial charge in [-0.3, -0.25) is 0 Å². The van der Waals surface area contributed by atoms with E-state index in [2.05, 4.69) is 12.2 Å². The van der Waals surface area contributed by atoms with Crippen LogP contribution in [0.4, 0.5) is 5.69 Å². The molecule has 2 aliphatic heterocycles. The fourth-order valence-corrected chi connectivity index (χ4v) is 4.43. The van der Waals surface area contributed by atoms with Crippen LogP contribution in [0.25, 0.3) is 0 Å². The van der Waals surface area contributed by atoms with Crippen molar-refractivity contribution < 1.29 is 18.8 Å².